The number of unbranched alkanes of at least 4 members (excludes halogenated alkanes) is 43. The van der Waals surface area contributed by atoms with E-state index in [-0.39, 0.29) is 31.1 Å². The molecule has 6 heteroatoms. The summed E-state index contributed by atoms with van der Waals surface area (Å²) in [5, 5.41) is 0. The Morgan fingerprint density at radius 3 is 0.734 bits per heavy atom. The lowest BCUT2D eigenvalue weighted by atomic mass is 10.0. The van der Waals surface area contributed by atoms with Crippen molar-refractivity contribution < 1.29 is 28.6 Å². The van der Waals surface area contributed by atoms with Gasteiger partial charge in [-0.05, 0) is 109 Å². The first-order valence-electron chi connectivity index (χ1n) is 34.8. The second-order valence-electron chi connectivity index (χ2n) is 23.4. The summed E-state index contributed by atoms with van der Waals surface area (Å²) in [6.45, 7) is 6.63. The summed E-state index contributed by atoms with van der Waals surface area (Å²) >= 11 is 0. The molecule has 1 atom stereocenters. The minimum absolute atomic E-state index is 0.0773. The molecule has 79 heavy (non-hydrogen) atoms. The molecule has 0 rings (SSSR count). The molecule has 1 unspecified atom stereocenters. The lowest BCUT2D eigenvalue weighted by Crippen LogP contribution is -2.30. The molecule has 0 heterocycles. The molecule has 0 saturated heterocycles. The molecule has 0 aliphatic heterocycles. The van der Waals surface area contributed by atoms with E-state index in [1.54, 1.807) is 0 Å². The molecule has 0 spiro atoms. The molecule has 0 amide bonds. The van der Waals surface area contributed by atoms with Crippen LogP contribution in [0.2, 0.25) is 0 Å². The molecule has 0 bridgehead atoms. The average Bonchev–Trinajstić information content (AvgIpc) is 3.45. The average molecular weight is 1110 g/mol. The molecule has 0 radical (unpaired) electrons. The molecule has 0 aromatic carbocycles. The third-order valence-electron chi connectivity index (χ3n) is 15.5. The largest absolute Gasteiger partial charge is 0.462 e. The Bertz CT molecular complexity index is 1410. The minimum atomic E-state index is -0.783. The molecule has 0 aromatic heterocycles. The first kappa shape index (κ1) is 76.1. The number of carbonyl (C=O) groups excluding carboxylic acids is 3. The number of ether oxygens (including phenoxy) is 3. The zero-order chi connectivity index (χ0) is 57.1. The second-order valence-corrected chi connectivity index (χ2v) is 23.4. The summed E-state index contributed by atoms with van der Waals surface area (Å²) in [7, 11) is 0. The van der Waals surface area contributed by atoms with Crippen LogP contribution >= 0.6 is 0 Å². The van der Waals surface area contributed by atoms with Gasteiger partial charge in [0.2, 0.25) is 0 Å². The monoisotopic (exact) mass is 1110 g/mol. The van der Waals surface area contributed by atoms with Gasteiger partial charge in [0, 0.05) is 19.3 Å². The Kier molecular flexibility index (Phi) is 65.1. The smallest absolute Gasteiger partial charge is 0.306 e. The number of allylic oxidation sites excluding steroid dienone is 10. The van der Waals surface area contributed by atoms with Gasteiger partial charge in [0.1, 0.15) is 13.2 Å². The molecular weight excluding hydrogens is 973 g/mol. The highest BCUT2D eigenvalue weighted by Crippen LogP contribution is 2.17. The van der Waals surface area contributed by atoms with Crippen LogP contribution in [0.4, 0.5) is 0 Å². The van der Waals surface area contributed by atoms with Crippen molar-refractivity contribution in [2.24, 2.45) is 0 Å². The van der Waals surface area contributed by atoms with E-state index in [2.05, 4.69) is 81.5 Å². The molecule has 0 aromatic rings. The van der Waals surface area contributed by atoms with Crippen molar-refractivity contribution in [3.05, 3.63) is 60.8 Å². The van der Waals surface area contributed by atoms with Crippen LogP contribution in [-0.4, -0.2) is 37.2 Å². The Balaban J connectivity index is 4.28. The van der Waals surface area contributed by atoms with E-state index in [0.29, 0.717) is 19.3 Å². The van der Waals surface area contributed by atoms with Gasteiger partial charge in [-0.2, -0.15) is 0 Å². The first-order chi connectivity index (χ1) is 39.0. The van der Waals surface area contributed by atoms with Crippen LogP contribution in [-0.2, 0) is 28.6 Å². The Hall–Kier alpha value is -2.89. The summed E-state index contributed by atoms with van der Waals surface area (Å²) in [4.78, 5) is 38.4. The molecule has 0 fully saturated rings. The van der Waals surface area contributed by atoms with Gasteiger partial charge in [-0.3, -0.25) is 14.4 Å². The third kappa shape index (κ3) is 65.8. The summed E-state index contributed by atoms with van der Waals surface area (Å²) in [5.41, 5.74) is 0. The van der Waals surface area contributed by atoms with Crippen LogP contribution in [0.1, 0.15) is 367 Å². The molecule has 0 saturated carbocycles. The summed E-state index contributed by atoms with van der Waals surface area (Å²) in [6, 6.07) is 0. The summed E-state index contributed by atoms with van der Waals surface area (Å²) < 4.78 is 17.0. The lowest BCUT2D eigenvalue weighted by molar-refractivity contribution is -0.167. The van der Waals surface area contributed by atoms with E-state index in [1.165, 1.54) is 244 Å². The van der Waals surface area contributed by atoms with Crippen molar-refractivity contribution in [2.45, 2.75) is 374 Å². The SMILES string of the molecule is CCCCC/C=C\C/C=C\CCCCCCCCCC(=O)OCC(COC(=O)CCCCCCCCCCCCCCCCC/C=C\CCCCCCCCCC)OC(=O)CCCCCCCCC/C=C\C/C=C\CCCCC. The van der Waals surface area contributed by atoms with Gasteiger partial charge in [-0.1, -0.05) is 300 Å². The van der Waals surface area contributed by atoms with Gasteiger partial charge in [-0.25, -0.2) is 0 Å². The maximum Gasteiger partial charge on any atom is 0.306 e. The van der Waals surface area contributed by atoms with E-state index < -0.39 is 6.10 Å². The Labute approximate surface area is 491 Å². The van der Waals surface area contributed by atoms with Crippen molar-refractivity contribution in [3.8, 4) is 0 Å². The van der Waals surface area contributed by atoms with Crippen LogP contribution in [0.5, 0.6) is 0 Å². The van der Waals surface area contributed by atoms with Gasteiger partial charge in [0.15, 0.2) is 6.10 Å². The van der Waals surface area contributed by atoms with Crippen LogP contribution < -0.4 is 0 Å². The highest BCUT2D eigenvalue weighted by atomic mass is 16.6. The molecule has 0 N–H and O–H groups in total. The van der Waals surface area contributed by atoms with Crippen molar-refractivity contribution >= 4 is 17.9 Å². The Morgan fingerprint density at radius 2 is 0.456 bits per heavy atom. The second kappa shape index (κ2) is 67.6. The number of rotatable bonds is 64. The van der Waals surface area contributed by atoms with Crippen LogP contribution in [0.25, 0.3) is 0 Å². The molecule has 0 aliphatic carbocycles. The van der Waals surface area contributed by atoms with Crippen molar-refractivity contribution in [1.82, 2.24) is 0 Å². The summed E-state index contributed by atoms with van der Waals surface area (Å²) in [6.07, 6.45) is 86.7. The molecule has 460 valence electrons. The van der Waals surface area contributed by atoms with Crippen LogP contribution in [0, 0.1) is 0 Å². The zero-order valence-corrected chi connectivity index (χ0v) is 52.9. The van der Waals surface area contributed by atoms with E-state index in [0.717, 1.165) is 83.5 Å². The quantitative estimate of drug-likeness (QED) is 0.0261. The first-order valence-corrected chi connectivity index (χ1v) is 34.8. The minimum Gasteiger partial charge on any atom is -0.462 e. The highest BCUT2D eigenvalue weighted by Gasteiger charge is 2.19. The van der Waals surface area contributed by atoms with Gasteiger partial charge < -0.3 is 14.2 Å². The molecule has 6 nitrogen and oxygen atoms in total. The topological polar surface area (TPSA) is 78.9 Å². The maximum absolute atomic E-state index is 12.9. The molecular formula is C73H132O6. The van der Waals surface area contributed by atoms with E-state index >= 15 is 0 Å². The van der Waals surface area contributed by atoms with E-state index in [1.807, 2.05) is 0 Å². The van der Waals surface area contributed by atoms with Crippen molar-refractivity contribution in [1.29, 1.82) is 0 Å². The van der Waals surface area contributed by atoms with E-state index in [4.69, 9.17) is 14.2 Å². The highest BCUT2D eigenvalue weighted by molar-refractivity contribution is 5.71. The number of carbonyl (C=O) groups is 3. The standard InChI is InChI=1S/C73H132O6/c1-4-7-10-13-16-19-22-25-28-31-32-33-34-35-36-37-38-39-40-43-45-48-51-54-57-60-63-66-72(75)78-69-70(79-73(76)67-64-61-58-55-52-49-46-42-30-27-24-21-18-15-12-9-6-3)68-77-71(74)65-62-59-56-53-50-47-44-41-29-26-23-20-17-14-11-8-5-2/h17-18,20-21,26-27,29-32,70H,4-16,19,22-25,28,33-69H2,1-3H3/b20-17-,21-18-,29-26-,30-27-,32-31-. The summed E-state index contributed by atoms with van der Waals surface area (Å²) in [5.74, 6) is -0.872. The third-order valence-corrected chi connectivity index (χ3v) is 15.5. The maximum atomic E-state index is 12.9. The van der Waals surface area contributed by atoms with Crippen molar-refractivity contribution in [3.63, 3.8) is 0 Å². The van der Waals surface area contributed by atoms with E-state index in [9.17, 15) is 14.4 Å². The normalized spacial score (nSPS) is 12.4. The van der Waals surface area contributed by atoms with Crippen LogP contribution in [0.3, 0.4) is 0 Å². The molecule has 0 aliphatic rings. The fraction of sp³-hybridized carbons (Fsp3) is 0.822. The predicted molar refractivity (Wildman–Crippen MR) is 344 cm³/mol. The number of hydrogen-bond acceptors (Lipinski definition) is 6. The predicted octanol–water partition coefficient (Wildman–Crippen LogP) is 23.9. The number of esters is 3. The zero-order valence-electron chi connectivity index (χ0n) is 52.9. The fourth-order valence-corrected chi connectivity index (χ4v) is 10.2. The van der Waals surface area contributed by atoms with Gasteiger partial charge in [0.05, 0.1) is 0 Å². The van der Waals surface area contributed by atoms with Gasteiger partial charge in [0.25, 0.3) is 0 Å². The number of hydrogen-bond donors (Lipinski definition) is 0. The van der Waals surface area contributed by atoms with Gasteiger partial charge in [-0.15, -0.1) is 0 Å². The lowest BCUT2D eigenvalue weighted by Gasteiger charge is -2.18. The van der Waals surface area contributed by atoms with Crippen molar-refractivity contribution in [2.75, 3.05) is 13.2 Å². The van der Waals surface area contributed by atoms with Crippen LogP contribution in [0.15, 0.2) is 60.8 Å². The Morgan fingerprint density at radius 1 is 0.253 bits per heavy atom. The van der Waals surface area contributed by atoms with Gasteiger partial charge >= 0.3 is 17.9 Å². The fourth-order valence-electron chi connectivity index (χ4n) is 10.2.